The average Bonchev–Trinajstić information content (AvgIpc) is 2.40. The van der Waals surface area contributed by atoms with Crippen LogP contribution in [0.4, 0.5) is 5.69 Å². The second-order valence-corrected chi connectivity index (χ2v) is 3.78. The summed E-state index contributed by atoms with van der Waals surface area (Å²) in [6.07, 6.45) is 2.50. The number of hydrogen-bond acceptors (Lipinski definition) is 4. The van der Waals surface area contributed by atoms with Crippen molar-refractivity contribution in [1.82, 2.24) is 4.98 Å². The highest BCUT2D eigenvalue weighted by Crippen LogP contribution is 2.19. The summed E-state index contributed by atoms with van der Waals surface area (Å²) in [4.78, 5) is 4.21. The van der Waals surface area contributed by atoms with Gasteiger partial charge in [0.15, 0.2) is 0 Å². The Hall–Kier alpha value is -2.54. The van der Waals surface area contributed by atoms with Crippen molar-refractivity contribution >= 4 is 5.69 Å². The monoisotopic (exact) mass is 239 g/mol. The number of pyridine rings is 1. The van der Waals surface area contributed by atoms with Gasteiger partial charge < -0.3 is 10.5 Å². The van der Waals surface area contributed by atoms with Crippen LogP contribution in [0.2, 0.25) is 0 Å². The van der Waals surface area contributed by atoms with Crippen LogP contribution in [-0.4, -0.2) is 11.6 Å². The topological polar surface area (TPSA) is 71.9 Å². The van der Waals surface area contributed by atoms with E-state index in [-0.39, 0.29) is 0 Å². The van der Waals surface area contributed by atoms with Gasteiger partial charge in [0, 0.05) is 24.4 Å². The quantitative estimate of drug-likeness (QED) is 0.830. The molecule has 4 nitrogen and oxygen atoms in total. The van der Waals surface area contributed by atoms with Crippen LogP contribution in [0.25, 0.3) is 0 Å². The van der Waals surface area contributed by atoms with E-state index in [9.17, 15) is 0 Å². The molecule has 0 aliphatic carbocycles. The normalized spacial score (nSPS) is 9.72. The fraction of sp³-hybridized carbons (Fsp3) is 0.143. The minimum absolute atomic E-state index is 0.438. The molecule has 2 N–H and O–H groups in total. The molecule has 0 aliphatic heterocycles. The SMILES string of the molecule is N#Cc1ccc(OCCc2ccccn2)cc1N. The molecule has 1 aromatic carbocycles. The molecule has 2 aromatic rings. The second kappa shape index (κ2) is 5.69. The van der Waals surface area contributed by atoms with Crippen molar-refractivity contribution in [2.24, 2.45) is 0 Å². The molecule has 0 bridgehead atoms. The predicted molar refractivity (Wildman–Crippen MR) is 69.0 cm³/mol. The summed E-state index contributed by atoms with van der Waals surface area (Å²) in [6.45, 7) is 0.530. The highest BCUT2D eigenvalue weighted by Gasteiger charge is 2.01. The first-order valence-corrected chi connectivity index (χ1v) is 5.62. The fourth-order valence-electron chi connectivity index (χ4n) is 1.55. The largest absolute Gasteiger partial charge is 0.493 e. The van der Waals surface area contributed by atoms with E-state index < -0.39 is 0 Å². The van der Waals surface area contributed by atoms with Crippen LogP contribution in [0.5, 0.6) is 5.75 Å². The lowest BCUT2D eigenvalue weighted by Gasteiger charge is -2.07. The number of benzene rings is 1. The van der Waals surface area contributed by atoms with Gasteiger partial charge in [-0.1, -0.05) is 6.07 Å². The maximum absolute atomic E-state index is 8.75. The number of aromatic nitrogens is 1. The molecule has 1 heterocycles. The van der Waals surface area contributed by atoms with E-state index in [0.717, 1.165) is 12.1 Å². The van der Waals surface area contributed by atoms with E-state index in [4.69, 9.17) is 15.7 Å². The average molecular weight is 239 g/mol. The highest BCUT2D eigenvalue weighted by atomic mass is 16.5. The molecule has 2 rings (SSSR count). The van der Waals surface area contributed by atoms with Gasteiger partial charge in [-0.15, -0.1) is 0 Å². The summed E-state index contributed by atoms with van der Waals surface area (Å²) in [7, 11) is 0. The molecule has 0 amide bonds. The number of nitrogen functional groups attached to an aromatic ring is 1. The molecule has 0 fully saturated rings. The lowest BCUT2D eigenvalue weighted by molar-refractivity contribution is 0.320. The Kier molecular flexibility index (Phi) is 3.77. The van der Waals surface area contributed by atoms with Gasteiger partial charge in [0.1, 0.15) is 11.8 Å². The van der Waals surface area contributed by atoms with Gasteiger partial charge in [0.05, 0.1) is 17.9 Å². The summed E-state index contributed by atoms with van der Waals surface area (Å²) in [5.41, 5.74) is 7.59. The van der Waals surface area contributed by atoms with E-state index in [0.29, 0.717) is 23.6 Å². The minimum atomic E-state index is 0.438. The van der Waals surface area contributed by atoms with E-state index in [1.54, 1.807) is 24.4 Å². The first-order valence-electron chi connectivity index (χ1n) is 5.62. The maximum Gasteiger partial charge on any atom is 0.121 e. The molecule has 0 saturated heterocycles. The molecule has 0 unspecified atom stereocenters. The van der Waals surface area contributed by atoms with Crippen molar-refractivity contribution in [3.05, 3.63) is 53.9 Å². The van der Waals surface area contributed by atoms with Crippen LogP contribution < -0.4 is 10.5 Å². The molecule has 4 heteroatoms. The lowest BCUT2D eigenvalue weighted by atomic mass is 10.2. The zero-order chi connectivity index (χ0) is 12.8. The second-order valence-electron chi connectivity index (χ2n) is 3.78. The van der Waals surface area contributed by atoms with Crippen LogP contribution in [0.3, 0.4) is 0 Å². The van der Waals surface area contributed by atoms with Gasteiger partial charge in [-0.05, 0) is 24.3 Å². The van der Waals surface area contributed by atoms with Gasteiger partial charge in [0.2, 0.25) is 0 Å². The number of nitrogens with zero attached hydrogens (tertiary/aromatic N) is 2. The van der Waals surface area contributed by atoms with E-state index in [1.165, 1.54) is 0 Å². The van der Waals surface area contributed by atoms with Crippen molar-refractivity contribution in [3.63, 3.8) is 0 Å². The maximum atomic E-state index is 8.75. The van der Waals surface area contributed by atoms with Crippen molar-refractivity contribution in [1.29, 1.82) is 5.26 Å². The summed E-state index contributed by atoms with van der Waals surface area (Å²) < 4.78 is 5.56. The Bertz CT molecular complexity index is 561. The Labute approximate surface area is 106 Å². The van der Waals surface area contributed by atoms with Gasteiger partial charge in [-0.2, -0.15) is 5.26 Å². The van der Waals surface area contributed by atoms with Gasteiger partial charge in [-0.3, -0.25) is 4.98 Å². The smallest absolute Gasteiger partial charge is 0.121 e. The molecule has 0 atom stereocenters. The fourth-order valence-corrected chi connectivity index (χ4v) is 1.55. The molecule has 18 heavy (non-hydrogen) atoms. The summed E-state index contributed by atoms with van der Waals surface area (Å²) in [5.74, 6) is 0.669. The Morgan fingerprint density at radius 1 is 1.28 bits per heavy atom. The van der Waals surface area contributed by atoms with Crippen LogP contribution in [0, 0.1) is 11.3 Å². The Morgan fingerprint density at radius 2 is 2.17 bits per heavy atom. The minimum Gasteiger partial charge on any atom is -0.493 e. The van der Waals surface area contributed by atoms with E-state index >= 15 is 0 Å². The van der Waals surface area contributed by atoms with Crippen LogP contribution in [0.1, 0.15) is 11.3 Å². The molecule has 1 aromatic heterocycles. The first-order chi connectivity index (χ1) is 8.79. The van der Waals surface area contributed by atoms with Gasteiger partial charge in [-0.25, -0.2) is 0 Å². The zero-order valence-corrected chi connectivity index (χ0v) is 9.84. The van der Waals surface area contributed by atoms with Crippen molar-refractivity contribution in [3.8, 4) is 11.8 Å². The third-order valence-electron chi connectivity index (χ3n) is 2.50. The van der Waals surface area contributed by atoms with Crippen molar-refractivity contribution < 1.29 is 4.74 Å². The number of rotatable bonds is 4. The number of ether oxygens (including phenoxy) is 1. The zero-order valence-electron chi connectivity index (χ0n) is 9.84. The number of anilines is 1. The van der Waals surface area contributed by atoms with Crippen LogP contribution in [0.15, 0.2) is 42.6 Å². The Morgan fingerprint density at radius 3 is 2.83 bits per heavy atom. The highest BCUT2D eigenvalue weighted by molar-refractivity contribution is 5.56. The van der Waals surface area contributed by atoms with E-state index in [2.05, 4.69) is 4.98 Å². The summed E-state index contributed by atoms with van der Waals surface area (Å²) in [6, 6.07) is 12.9. The molecule has 90 valence electrons. The molecule has 0 radical (unpaired) electrons. The molecular formula is C14H13N3O. The van der Waals surface area contributed by atoms with E-state index in [1.807, 2.05) is 24.3 Å². The molecule has 0 aliphatic rings. The number of nitriles is 1. The number of hydrogen-bond donors (Lipinski definition) is 1. The van der Waals surface area contributed by atoms with Gasteiger partial charge >= 0.3 is 0 Å². The summed E-state index contributed by atoms with van der Waals surface area (Å²) in [5, 5.41) is 8.75. The molecule has 0 spiro atoms. The van der Waals surface area contributed by atoms with Crippen molar-refractivity contribution in [2.45, 2.75) is 6.42 Å². The number of nitrogens with two attached hydrogens (primary N) is 1. The van der Waals surface area contributed by atoms with Gasteiger partial charge in [0.25, 0.3) is 0 Å². The lowest BCUT2D eigenvalue weighted by Crippen LogP contribution is -2.03. The molecular weight excluding hydrogens is 226 g/mol. The third-order valence-corrected chi connectivity index (χ3v) is 2.50. The summed E-state index contributed by atoms with van der Waals surface area (Å²) >= 11 is 0. The van der Waals surface area contributed by atoms with Crippen LogP contribution >= 0.6 is 0 Å². The predicted octanol–water partition coefficient (Wildman–Crippen LogP) is 2.16. The Balaban J connectivity index is 1.91. The third kappa shape index (κ3) is 2.98. The van der Waals surface area contributed by atoms with Crippen LogP contribution in [-0.2, 0) is 6.42 Å². The molecule has 0 saturated carbocycles. The van der Waals surface area contributed by atoms with Crippen molar-refractivity contribution in [2.75, 3.05) is 12.3 Å². The standard InChI is InChI=1S/C14H13N3O/c15-10-11-4-5-13(9-14(11)16)18-8-6-12-3-1-2-7-17-12/h1-5,7,9H,6,8,16H2. The first kappa shape index (κ1) is 11.9.